The summed E-state index contributed by atoms with van der Waals surface area (Å²) in [5.74, 6) is 1.46. The molecule has 1 aromatic carbocycles. The van der Waals surface area contributed by atoms with Crippen LogP contribution in [0.5, 0.6) is 11.6 Å². The number of hydrogen-bond donors (Lipinski definition) is 1. The lowest BCUT2D eigenvalue weighted by molar-refractivity contribution is 0.293. The predicted molar refractivity (Wildman–Crippen MR) is 74.3 cm³/mol. The van der Waals surface area contributed by atoms with Crippen LogP contribution in [0.1, 0.15) is 11.1 Å². The first-order valence-electron chi connectivity index (χ1n) is 6.17. The first-order chi connectivity index (χ1) is 9.31. The van der Waals surface area contributed by atoms with Gasteiger partial charge in [0.05, 0.1) is 7.11 Å². The average Bonchev–Trinajstić information content (AvgIpc) is 2.47. The average molecular weight is 258 g/mol. The number of nitrogens with one attached hydrogen (secondary N) is 1. The molecule has 0 atom stereocenters. The number of hydrogen-bond acceptors (Lipinski definition) is 4. The van der Waals surface area contributed by atoms with Gasteiger partial charge in [0.2, 0.25) is 5.88 Å². The minimum absolute atomic E-state index is 0.482. The number of rotatable bonds is 6. The van der Waals surface area contributed by atoms with E-state index in [9.17, 15) is 0 Å². The summed E-state index contributed by atoms with van der Waals surface area (Å²) in [6, 6.07) is 11.7. The van der Waals surface area contributed by atoms with Gasteiger partial charge in [-0.15, -0.1) is 0 Å². The van der Waals surface area contributed by atoms with Crippen LogP contribution in [0.15, 0.2) is 42.6 Å². The van der Waals surface area contributed by atoms with Gasteiger partial charge in [-0.3, -0.25) is 0 Å². The molecule has 4 nitrogen and oxygen atoms in total. The Morgan fingerprint density at radius 3 is 2.74 bits per heavy atom. The van der Waals surface area contributed by atoms with Gasteiger partial charge >= 0.3 is 0 Å². The zero-order valence-corrected chi connectivity index (χ0v) is 11.2. The van der Waals surface area contributed by atoms with Crippen molar-refractivity contribution in [3.63, 3.8) is 0 Å². The zero-order chi connectivity index (χ0) is 13.5. The first kappa shape index (κ1) is 13.4. The molecule has 2 rings (SSSR count). The molecule has 0 aliphatic heterocycles. The SMILES string of the molecule is CNCc1ccc(OCc2cccc(OC)c2)nc1. The fourth-order valence-electron chi connectivity index (χ4n) is 1.72. The fourth-order valence-corrected chi connectivity index (χ4v) is 1.72. The van der Waals surface area contributed by atoms with Crippen molar-refractivity contribution in [3.05, 3.63) is 53.7 Å². The van der Waals surface area contributed by atoms with Crippen LogP contribution in [-0.4, -0.2) is 19.1 Å². The highest BCUT2D eigenvalue weighted by Gasteiger charge is 1.99. The van der Waals surface area contributed by atoms with Crippen LogP contribution in [0.4, 0.5) is 0 Å². The second kappa shape index (κ2) is 6.75. The molecule has 0 saturated carbocycles. The molecule has 19 heavy (non-hydrogen) atoms. The highest BCUT2D eigenvalue weighted by molar-refractivity contribution is 5.28. The third kappa shape index (κ3) is 3.96. The highest BCUT2D eigenvalue weighted by atomic mass is 16.5. The number of ether oxygens (including phenoxy) is 2. The molecule has 0 saturated heterocycles. The van der Waals surface area contributed by atoms with E-state index in [0.29, 0.717) is 12.5 Å². The summed E-state index contributed by atoms with van der Waals surface area (Å²) in [6.45, 7) is 1.29. The highest BCUT2D eigenvalue weighted by Crippen LogP contribution is 2.15. The maximum atomic E-state index is 5.64. The van der Waals surface area contributed by atoms with Crippen LogP contribution < -0.4 is 14.8 Å². The Hall–Kier alpha value is -2.07. The van der Waals surface area contributed by atoms with Crippen molar-refractivity contribution in [2.75, 3.05) is 14.2 Å². The minimum atomic E-state index is 0.482. The van der Waals surface area contributed by atoms with Crippen LogP contribution in [0.3, 0.4) is 0 Å². The fraction of sp³-hybridized carbons (Fsp3) is 0.267. The second-order valence-corrected chi connectivity index (χ2v) is 4.18. The minimum Gasteiger partial charge on any atom is -0.497 e. The van der Waals surface area contributed by atoms with Crippen LogP contribution in [0, 0.1) is 0 Å². The Balaban J connectivity index is 1.94. The van der Waals surface area contributed by atoms with E-state index >= 15 is 0 Å². The van der Waals surface area contributed by atoms with Gasteiger partial charge in [0.1, 0.15) is 12.4 Å². The Kier molecular flexibility index (Phi) is 4.75. The molecule has 1 aromatic heterocycles. The predicted octanol–water partition coefficient (Wildman–Crippen LogP) is 2.39. The van der Waals surface area contributed by atoms with E-state index in [1.54, 1.807) is 7.11 Å². The lowest BCUT2D eigenvalue weighted by Crippen LogP contribution is -2.05. The van der Waals surface area contributed by atoms with E-state index in [2.05, 4.69) is 10.3 Å². The molecule has 0 spiro atoms. The van der Waals surface area contributed by atoms with Gasteiger partial charge in [-0.25, -0.2) is 4.98 Å². The van der Waals surface area contributed by atoms with Gasteiger partial charge in [-0.2, -0.15) is 0 Å². The summed E-state index contributed by atoms with van der Waals surface area (Å²) < 4.78 is 10.8. The smallest absolute Gasteiger partial charge is 0.213 e. The Morgan fingerprint density at radius 1 is 1.16 bits per heavy atom. The molecule has 0 amide bonds. The zero-order valence-electron chi connectivity index (χ0n) is 11.2. The molecule has 100 valence electrons. The van der Waals surface area contributed by atoms with Gasteiger partial charge in [0.25, 0.3) is 0 Å². The first-order valence-corrected chi connectivity index (χ1v) is 6.17. The standard InChI is InChI=1S/C15H18N2O2/c1-16-9-13-6-7-15(17-10-13)19-11-12-4-3-5-14(8-12)18-2/h3-8,10,16H,9,11H2,1-2H3. The van der Waals surface area contributed by atoms with E-state index in [-0.39, 0.29) is 0 Å². The normalized spacial score (nSPS) is 10.2. The molecule has 0 aliphatic rings. The molecule has 0 bridgehead atoms. The van der Waals surface area contributed by atoms with Gasteiger partial charge < -0.3 is 14.8 Å². The molecular formula is C15H18N2O2. The number of aromatic nitrogens is 1. The number of pyridine rings is 1. The Bertz CT molecular complexity index is 512. The summed E-state index contributed by atoms with van der Waals surface area (Å²) in [6.07, 6.45) is 1.82. The molecule has 1 heterocycles. The maximum absolute atomic E-state index is 5.64. The largest absolute Gasteiger partial charge is 0.497 e. The van der Waals surface area contributed by atoms with Crippen molar-refractivity contribution >= 4 is 0 Å². The summed E-state index contributed by atoms with van der Waals surface area (Å²) >= 11 is 0. The van der Waals surface area contributed by atoms with Crippen LogP contribution in [-0.2, 0) is 13.2 Å². The van der Waals surface area contributed by atoms with Crippen molar-refractivity contribution in [2.45, 2.75) is 13.2 Å². The van der Waals surface area contributed by atoms with E-state index in [4.69, 9.17) is 9.47 Å². The van der Waals surface area contributed by atoms with E-state index in [1.807, 2.05) is 49.6 Å². The summed E-state index contributed by atoms with van der Waals surface area (Å²) in [7, 11) is 3.56. The van der Waals surface area contributed by atoms with Crippen molar-refractivity contribution in [1.82, 2.24) is 10.3 Å². The topological polar surface area (TPSA) is 43.4 Å². The third-order valence-corrected chi connectivity index (χ3v) is 2.70. The lowest BCUT2D eigenvalue weighted by atomic mass is 10.2. The lowest BCUT2D eigenvalue weighted by Gasteiger charge is -2.07. The van der Waals surface area contributed by atoms with Crippen molar-refractivity contribution in [2.24, 2.45) is 0 Å². The number of nitrogens with zero attached hydrogens (tertiary/aromatic N) is 1. The van der Waals surface area contributed by atoms with Crippen molar-refractivity contribution in [3.8, 4) is 11.6 Å². The van der Waals surface area contributed by atoms with Gasteiger partial charge in [0, 0.05) is 18.8 Å². The molecule has 0 radical (unpaired) electrons. The van der Waals surface area contributed by atoms with Gasteiger partial charge in [-0.1, -0.05) is 18.2 Å². The Labute approximate surface area is 113 Å². The second-order valence-electron chi connectivity index (χ2n) is 4.18. The summed E-state index contributed by atoms with van der Waals surface area (Å²) in [4.78, 5) is 4.26. The van der Waals surface area contributed by atoms with Crippen LogP contribution in [0.2, 0.25) is 0 Å². The third-order valence-electron chi connectivity index (χ3n) is 2.70. The molecule has 0 fully saturated rings. The molecule has 1 N–H and O–H groups in total. The summed E-state index contributed by atoms with van der Waals surface area (Å²) in [5, 5.41) is 3.08. The molecular weight excluding hydrogens is 240 g/mol. The molecule has 0 aliphatic carbocycles. The maximum Gasteiger partial charge on any atom is 0.213 e. The number of benzene rings is 1. The van der Waals surface area contributed by atoms with E-state index in [0.717, 1.165) is 23.4 Å². The van der Waals surface area contributed by atoms with E-state index in [1.165, 1.54) is 0 Å². The monoisotopic (exact) mass is 258 g/mol. The van der Waals surface area contributed by atoms with Gasteiger partial charge in [0.15, 0.2) is 0 Å². The van der Waals surface area contributed by atoms with Crippen LogP contribution >= 0.6 is 0 Å². The van der Waals surface area contributed by atoms with Crippen molar-refractivity contribution < 1.29 is 9.47 Å². The molecule has 0 unspecified atom stereocenters. The van der Waals surface area contributed by atoms with E-state index < -0.39 is 0 Å². The quantitative estimate of drug-likeness (QED) is 0.864. The molecule has 2 aromatic rings. The van der Waals surface area contributed by atoms with Crippen molar-refractivity contribution in [1.29, 1.82) is 0 Å². The van der Waals surface area contributed by atoms with Gasteiger partial charge in [-0.05, 0) is 30.3 Å². The Morgan fingerprint density at radius 2 is 2.05 bits per heavy atom. The van der Waals surface area contributed by atoms with Crippen LogP contribution in [0.25, 0.3) is 0 Å². The number of methoxy groups -OCH3 is 1. The summed E-state index contributed by atoms with van der Waals surface area (Å²) in [5.41, 5.74) is 2.19. The molecule has 4 heteroatoms.